The van der Waals surface area contributed by atoms with Crippen LogP contribution in [0.1, 0.15) is 12.0 Å². The molecule has 0 amide bonds. The molecule has 0 saturated carbocycles. The lowest BCUT2D eigenvalue weighted by atomic mass is 10.2. The van der Waals surface area contributed by atoms with E-state index in [2.05, 4.69) is 15.6 Å². The Morgan fingerprint density at radius 1 is 1.19 bits per heavy atom. The van der Waals surface area contributed by atoms with Gasteiger partial charge in [0.15, 0.2) is 5.96 Å². The maximum absolute atomic E-state index is 12.0. The first-order valence-electron chi connectivity index (χ1n) is 6.09. The Kier molecular flexibility index (Phi) is 9.14. The second-order valence-electron chi connectivity index (χ2n) is 4.07. The van der Waals surface area contributed by atoms with Crippen LogP contribution in [0.5, 0.6) is 5.75 Å². The van der Waals surface area contributed by atoms with Gasteiger partial charge in [0, 0.05) is 20.1 Å². The van der Waals surface area contributed by atoms with E-state index in [-0.39, 0.29) is 30.5 Å². The van der Waals surface area contributed by atoms with E-state index in [4.69, 9.17) is 4.74 Å². The summed E-state index contributed by atoms with van der Waals surface area (Å²) in [6, 6.07) is 7.37. The Morgan fingerprint density at radius 3 is 2.29 bits per heavy atom. The molecule has 120 valence electrons. The van der Waals surface area contributed by atoms with Crippen molar-refractivity contribution in [3.05, 3.63) is 29.8 Å². The van der Waals surface area contributed by atoms with Crippen molar-refractivity contribution in [2.75, 3.05) is 20.7 Å². The van der Waals surface area contributed by atoms with E-state index >= 15 is 0 Å². The summed E-state index contributed by atoms with van der Waals surface area (Å²) in [5.74, 6) is 1.09. The number of benzene rings is 1. The molecule has 1 aromatic carbocycles. The van der Waals surface area contributed by atoms with Gasteiger partial charge >= 0.3 is 6.18 Å². The van der Waals surface area contributed by atoms with Crippen molar-refractivity contribution in [1.29, 1.82) is 0 Å². The van der Waals surface area contributed by atoms with Gasteiger partial charge in [0.25, 0.3) is 0 Å². The van der Waals surface area contributed by atoms with Crippen LogP contribution in [0, 0.1) is 0 Å². The highest BCUT2D eigenvalue weighted by Gasteiger charge is 2.26. The van der Waals surface area contributed by atoms with Crippen LogP contribution in [0.15, 0.2) is 29.3 Å². The molecule has 2 N–H and O–H groups in total. The molecule has 0 fully saturated rings. The average Bonchev–Trinajstić information content (AvgIpc) is 2.42. The molecule has 4 nitrogen and oxygen atoms in total. The molecule has 8 heteroatoms. The number of ether oxygens (including phenoxy) is 1. The van der Waals surface area contributed by atoms with Crippen LogP contribution in [0.3, 0.4) is 0 Å². The van der Waals surface area contributed by atoms with E-state index in [9.17, 15) is 13.2 Å². The van der Waals surface area contributed by atoms with Crippen LogP contribution in [0.4, 0.5) is 13.2 Å². The highest BCUT2D eigenvalue weighted by molar-refractivity contribution is 14.0. The lowest BCUT2D eigenvalue weighted by molar-refractivity contribution is -0.132. The summed E-state index contributed by atoms with van der Waals surface area (Å²) < 4.78 is 41.1. The first kappa shape index (κ1) is 19.8. The van der Waals surface area contributed by atoms with Gasteiger partial charge in [-0.05, 0) is 17.7 Å². The van der Waals surface area contributed by atoms with Crippen LogP contribution in [-0.4, -0.2) is 32.8 Å². The summed E-state index contributed by atoms with van der Waals surface area (Å²) >= 11 is 0. The lowest BCUT2D eigenvalue weighted by Crippen LogP contribution is -2.38. The van der Waals surface area contributed by atoms with E-state index in [0.29, 0.717) is 12.5 Å². The molecule has 0 atom stereocenters. The van der Waals surface area contributed by atoms with Crippen molar-refractivity contribution in [3.8, 4) is 5.75 Å². The molecular formula is C13H19F3IN3O. The van der Waals surface area contributed by atoms with Crippen LogP contribution in [-0.2, 0) is 6.54 Å². The van der Waals surface area contributed by atoms with Gasteiger partial charge in [0.2, 0.25) is 0 Å². The minimum Gasteiger partial charge on any atom is -0.497 e. The van der Waals surface area contributed by atoms with Gasteiger partial charge in [-0.3, -0.25) is 4.99 Å². The first-order chi connectivity index (χ1) is 9.44. The number of rotatable bonds is 5. The van der Waals surface area contributed by atoms with Gasteiger partial charge in [-0.15, -0.1) is 24.0 Å². The fourth-order valence-electron chi connectivity index (χ4n) is 1.47. The molecule has 0 bridgehead atoms. The minimum atomic E-state index is -4.16. The molecule has 1 rings (SSSR count). The number of nitrogens with one attached hydrogen (secondary N) is 2. The molecule has 0 saturated heterocycles. The number of hydrogen-bond donors (Lipinski definition) is 2. The predicted octanol–water partition coefficient (Wildman–Crippen LogP) is 2.93. The number of alkyl halides is 3. The number of hydrogen-bond acceptors (Lipinski definition) is 2. The number of halogens is 4. The Morgan fingerprint density at radius 2 is 1.81 bits per heavy atom. The second-order valence-corrected chi connectivity index (χ2v) is 4.07. The third-order valence-electron chi connectivity index (χ3n) is 2.54. The third kappa shape index (κ3) is 8.64. The van der Waals surface area contributed by atoms with E-state index in [1.54, 1.807) is 7.11 Å². The molecule has 0 aliphatic carbocycles. The molecule has 0 aromatic heterocycles. The Labute approximate surface area is 139 Å². The van der Waals surface area contributed by atoms with Crippen LogP contribution in [0.2, 0.25) is 0 Å². The highest BCUT2D eigenvalue weighted by Crippen LogP contribution is 2.18. The van der Waals surface area contributed by atoms with Crippen LogP contribution >= 0.6 is 24.0 Å². The number of aliphatic imine (C=N–C) groups is 1. The molecule has 0 aliphatic rings. The van der Waals surface area contributed by atoms with E-state index in [0.717, 1.165) is 11.3 Å². The van der Waals surface area contributed by atoms with Crippen molar-refractivity contribution < 1.29 is 17.9 Å². The predicted molar refractivity (Wildman–Crippen MR) is 87.3 cm³/mol. The maximum Gasteiger partial charge on any atom is 0.390 e. The standard InChI is InChI=1S/C13H18F3N3O.HI/c1-17-12(18-8-7-13(14,15)16)19-9-10-3-5-11(20-2)6-4-10;/h3-6H,7-9H2,1-2H3,(H2,17,18,19);1H. The van der Waals surface area contributed by atoms with Gasteiger partial charge < -0.3 is 15.4 Å². The molecule has 0 aliphatic heterocycles. The average molecular weight is 417 g/mol. The summed E-state index contributed by atoms with van der Waals surface area (Å²) in [6.45, 7) is 0.265. The smallest absolute Gasteiger partial charge is 0.390 e. The zero-order valence-electron chi connectivity index (χ0n) is 11.8. The maximum atomic E-state index is 12.0. The number of methoxy groups -OCH3 is 1. The summed E-state index contributed by atoms with van der Waals surface area (Å²) in [4.78, 5) is 3.86. The summed E-state index contributed by atoms with van der Waals surface area (Å²) in [7, 11) is 3.09. The summed E-state index contributed by atoms with van der Waals surface area (Å²) in [5.41, 5.74) is 0.976. The van der Waals surface area contributed by atoms with Crippen molar-refractivity contribution in [3.63, 3.8) is 0 Å². The zero-order valence-corrected chi connectivity index (χ0v) is 14.2. The van der Waals surface area contributed by atoms with Gasteiger partial charge in [-0.2, -0.15) is 13.2 Å². The first-order valence-corrected chi connectivity index (χ1v) is 6.09. The van der Waals surface area contributed by atoms with Gasteiger partial charge in [-0.1, -0.05) is 12.1 Å². The van der Waals surface area contributed by atoms with Crippen LogP contribution < -0.4 is 15.4 Å². The molecular weight excluding hydrogens is 398 g/mol. The number of nitrogens with zero attached hydrogens (tertiary/aromatic N) is 1. The topological polar surface area (TPSA) is 45.7 Å². The van der Waals surface area contributed by atoms with Gasteiger partial charge in [0.05, 0.1) is 13.5 Å². The van der Waals surface area contributed by atoms with Crippen molar-refractivity contribution in [1.82, 2.24) is 10.6 Å². The molecule has 0 unspecified atom stereocenters. The Balaban J connectivity index is 0.00000400. The molecule has 1 aromatic rings. The molecule has 0 spiro atoms. The summed E-state index contributed by atoms with van der Waals surface area (Å²) in [5, 5.41) is 5.55. The van der Waals surface area contributed by atoms with E-state index < -0.39 is 12.6 Å². The highest BCUT2D eigenvalue weighted by atomic mass is 127. The molecule has 0 radical (unpaired) electrons. The lowest BCUT2D eigenvalue weighted by Gasteiger charge is -2.13. The third-order valence-corrected chi connectivity index (χ3v) is 2.54. The second kappa shape index (κ2) is 9.69. The van der Waals surface area contributed by atoms with E-state index in [1.807, 2.05) is 24.3 Å². The molecule has 0 heterocycles. The normalized spacial score (nSPS) is 11.6. The summed E-state index contributed by atoms with van der Waals surface area (Å²) in [6.07, 6.45) is -5.06. The molecule has 21 heavy (non-hydrogen) atoms. The van der Waals surface area contributed by atoms with Crippen molar-refractivity contribution >= 4 is 29.9 Å². The van der Waals surface area contributed by atoms with E-state index in [1.165, 1.54) is 7.05 Å². The number of guanidine groups is 1. The minimum absolute atomic E-state index is 0. The van der Waals surface area contributed by atoms with Gasteiger partial charge in [-0.25, -0.2) is 0 Å². The Bertz CT molecular complexity index is 435. The Hall–Kier alpha value is -1.19. The quantitative estimate of drug-likeness (QED) is 0.440. The fraction of sp³-hybridized carbons (Fsp3) is 0.462. The van der Waals surface area contributed by atoms with Crippen molar-refractivity contribution in [2.24, 2.45) is 4.99 Å². The van der Waals surface area contributed by atoms with Crippen molar-refractivity contribution in [2.45, 2.75) is 19.1 Å². The monoisotopic (exact) mass is 417 g/mol. The van der Waals surface area contributed by atoms with Gasteiger partial charge in [0.1, 0.15) is 5.75 Å². The fourth-order valence-corrected chi connectivity index (χ4v) is 1.47. The largest absolute Gasteiger partial charge is 0.497 e. The SMILES string of the molecule is CN=C(NCCC(F)(F)F)NCc1ccc(OC)cc1.I. The van der Waals surface area contributed by atoms with Crippen LogP contribution in [0.25, 0.3) is 0 Å². The zero-order chi connectivity index (χ0) is 15.0.